The van der Waals surface area contributed by atoms with E-state index in [1.807, 2.05) is 0 Å². The fourth-order valence-corrected chi connectivity index (χ4v) is 0.991. The van der Waals surface area contributed by atoms with Crippen LogP contribution < -0.4 is 5.32 Å². The number of carbonyl (C=O) groups excluding carboxylic acids is 1. The molecule has 3 nitrogen and oxygen atoms in total. The number of hydrogen-bond donors (Lipinski definition) is 1. The molecule has 1 unspecified atom stereocenters. The quantitative estimate of drug-likeness (QED) is 0.629. The van der Waals surface area contributed by atoms with Crippen LogP contribution >= 0.6 is 0 Å². The fraction of sp³-hybridized carbons (Fsp3) is 0.857. The van der Waals surface area contributed by atoms with Gasteiger partial charge >= 0.3 is 6.09 Å². The van der Waals surface area contributed by atoms with Crippen molar-refractivity contribution >= 4 is 6.09 Å². The number of alkyl carbamates (subject to hydrolysis) is 1. The fourth-order valence-electron chi connectivity index (χ4n) is 0.991. The van der Waals surface area contributed by atoms with Gasteiger partial charge in [0.15, 0.2) is 0 Å². The van der Waals surface area contributed by atoms with E-state index in [-0.39, 0.29) is 12.1 Å². The molecule has 10 heavy (non-hydrogen) atoms. The second kappa shape index (κ2) is 2.90. The molecule has 58 valence electrons. The zero-order chi connectivity index (χ0) is 7.56. The number of cyclic esters (lactones) is 1. The van der Waals surface area contributed by atoms with E-state index in [9.17, 15) is 4.79 Å². The summed E-state index contributed by atoms with van der Waals surface area (Å²) in [6.45, 7) is 4.75. The van der Waals surface area contributed by atoms with Gasteiger partial charge in [0.1, 0.15) is 6.61 Å². The minimum atomic E-state index is -0.273. The maximum absolute atomic E-state index is 10.5. The van der Waals surface area contributed by atoms with Crippen LogP contribution in [-0.4, -0.2) is 18.7 Å². The average Bonchev–Trinajstić information content (AvgIpc) is 2.34. The van der Waals surface area contributed by atoms with E-state index in [4.69, 9.17) is 4.74 Å². The van der Waals surface area contributed by atoms with Crippen LogP contribution in [-0.2, 0) is 4.74 Å². The molecule has 1 aliphatic rings. The first-order valence-corrected chi connectivity index (χ1v) is 3.67. The Balaban J connectivity index is 2.36. The highest BCUT2D eigenvalue weighted by atomic mass is 16.6. The Hall–Kier alpha value is -0.730. The first-order chi connectivity index (χ1) is 4.74. The Morgan fingerprint density at radius 2 is 2.60 bits per heavy atom. The summed E-state index contributed by atoms with van der Waals surface area (Å²) in [4.78, 5) is 10.5. The molecular formula is C7H13NO2. The van der Waals surface area contributed by atoms with E-state index in [2.05, 4.69) is 19.2 Å². The van der Waals surface area contributed by atoms with E-state index in [1.54, 1.807) is 0 Å². The molecule has 2 atom stereocenters. The maximum Gasteiger partial charge on any atom is 0.407 e. The molecule has 0 aromatic rings. The molecule has 1 amide bonds. The van der Waals surface area contributed by atoms with Gasteiger partial charge in [-0.05, 0) is 5.92 Å². The van der Waals surface area contributed by atoms with E-state index in [1.165, 1.54) is 0 Å². The summed E-state index contributed by atoms with van der Waals surface area (Å²) >= 11 is 0. The first-order valence-electron chi connectivity index (χ1n) is 3.67. The Kier molecular flexibility index (Phi) is 2.14. The highest BCUT2D eigenvalue weighted by Crippen LogP contribution is 2.11. The van der Waals surface area contributed by atoms with E-state index >= 15 is 0 Å². The van der Waals surface area contributed by atoms with E-state index in [0.29, 0.717) is 12.5 Å². The Morgan fingerprint density at radius 3 is 3.00 bits per heavy atom. The summed E-state index contributed by atoms with van der Waals surface area (Å²) in [7, 11) is 0. The zero-order valence-corrected chi connectivity index (χ0v) is 6.39. The van der Waals surface area contributed by atoms with Crippen LogP contribution in [0.3, 0.4) is 0 Å². The van der Waals surface area contributed by atoms with Crippen LogP contribution in [0.1, 0.15) is 20.3 Å². The van der Waals surface area contributed by atoms with Crippen molar-refractivity contribution in [2.24, 2.45) is 5.92 Å². The number of rotatable bonds is 2. The number of carbonyl (C=O) groups is 1. The molecule has 0 aliphatic carbocycles. The minimum Gasteiger partial charge on any atom is -0.447 e. The Labute approximate surface area is 60.7 Å². The first kappa shape index (κ1) is 7.38. The largest absolute Gasteiger partial charge is 0.447 e. The van der Waals surface area contributed by atoms with Gasteiger partial charge in [-0.3, -0.25) is 0 Å². The zero-order valence-electron chi connectivity index (χ0n) is 6.39. The topological polar surface area (TPSA) is 38.3 Å². The summed E-state index contributed by atoms with van der Waals surface area (Å²) in [6, 6.07) is 0.234. The number of hydrogen-bond acceptors (Lipinski definition) is 2. The van der Waals surface area contributed by atoms with Crippen molar-refractivity contribution < 1.29 is 9.53 Å². The molecule has 1 fully saturated rings. The predicted octanol–water partition coefficient (Wildman–Crippen LogP) is 1.14. The van der Waals surface area contributed by atoms with Crippen LogP contribution in [0.25, 0.3) is 0 Å². The van der Waals surface area contributed by atoms with Gasteiger partial charge in [0.2, 0.25) is 0 Å². The predicted molar refractivity (Wildman–Crippen MR) is 37.7 cm³/mol. The van der Waals surface area contributed by atoms with Crippen LogP contribution in [0.15, 0.2) is 0 Å². The van der Waals surface area contributed by atoms with Gasteiger partial charge < -0.3 is 10.1 Å². The van der Waals surface area contributed by atoms with Crippen molar-refractivity contribution in [1.29, 1.82) is 0 Å². The Bertz CT molecular complexity index is 136. The molecule has 0 spiro atoms. The monoisotopic (exact) mass is 143 g/mol. The average molecular weight is 143 g/mol. The van der Waals surface area contributed by atoms with Crippen LogP contribution in [0.5, 0.6) is 0 Å². The van der Waals surface area contributed by atoms with Crippen LogP contribution in [0, 0.1) is 5.92 Å². The van der Waals surface area contributed by atoms with E-state index < -0.39 is 0 Å². The van der Waals surface area contributed by atoms with Gasteiger partial charge in [-0.15, -0.1) is 0 Å². The molecule has 1 aliphatic heterocycles. The Morgan fingerprint density at radius 1 is 1.90 bits per heavy atom. The maximum atomic E-state index is 10.5. The third-order valence-electron chi connectivity index (χ3n) is 2.03. The van der Waals surface area contributed by atoms with Crippen molar-refractivity contribution in [3.05, 3.63) is 0 Å². The smallest absolute Gasteiger partial charge is 0.407 e. The van der Waals surface area contributed by atoms with Gasteiger partial charge in [0.05, 0.1) is 6.04 Å². The van der Waals surface area contributed by atoms with Crippen molar-refractivity contribution in [3.63, 3.8) is 0 Å². The molecule has 3 heteroatoms. The molecule has 1 heterocycles. The summed E-state index contributed by atoms with van der Waals surface area (Å²) in [6.07, 6.45) is 0.805. The normalized spacial score (nSPS) is 27.4. The summed E-state index contributed by atoms with van der Waals surface area (Å²) in [5.74, 6) is 0.520. The molecule has 0 aromatic heterocycles. The highest BCUT2D eigenvalue weighted by molar-refractivity contribution is 5.69. The summed E-state index contributed by atoms with van der Waals surface area (Å²) in [5, 5.41) is 2.74. The van der Waals surface area contributed by atoms with Crippen molar-refractivity contribution in [1.82, 2.24) is 5.32 Å². The molecule has 1 rings (SSSR count). The second-order valence-corrected chi connectivity index (χ2v) is 2.73. The lowest BCUT2D eigenvalue weighted by molar-refractivity contribution is 0.175. The van der Waals surface area contributed by atoms with Gasteiger partial charge in [-0.25, -0.2) is 4.79 Å². The number of nitrogens with one attached hydrogen (secondary N) is 1. The van der Waals surface area contributed by atoms with Gasteiger partial charge in [-0.2, -0.15) is 0 Å². The highest BCUT2D eigenvalue weighted by Gasteiger charge is 2.25. The summed E-state index contributed by atoms with van der Waals surface area (Å²) in [5.41, 5.74) is 0. The third-order valence-corrected chi connectivity index (χ3v) is 2.03. The van der Waals surface area contributed by atoms with E-state index in [0.717, 1.165) is 6.42 Å². The SMILES string of the molecule is CCC(C)[C@H]1COC(=O)N1. The number of ether oxygens (including phenoxy) is 1. The third kappa shape index (κ3) is 1.40. The molecule has 0 radical (unpaired) electrons. The van der Waals surface area contributed by atoms with Crippen molar-refractivity contribution in [2.45, 2.75) is 26.3 Å². The molecule has 0 saturated carbocycles. The number of amides is 1. The van der Waals surface area contributed by atoms with Crippen LogP contribution in [0.2, 0.25) is 0 Å². The molecular weight excluding hydrogens is 130 g/mol. The van der Waals surface area contributed by atoms with Gasteiger partial charge in [0, 0.05) is 0 Å². The van der Waals surface area contributed by atoms with Crippen molar-refractivity contribution in [3.8, 4) is 0 Å². The molecule has 0 bridgehead atoms. The molecule has 1 saturated heterocycles. The second-order valence-electron chi connectivity index (χ2n) is 2.73. The van der Waals surface area contributed by atoms with Crippen LogP contribution in [0.4, 0.5) is 4.79 Å². The molecule has 0 aromatic carbocycles. The van der Waals surface area contributed by atoms with Crippen molar-refractivity contribution in [2.75, 3.05) is 6.61 Å². The lowest BCUT2D eigenvalue weighted by atomic mass is 10.0. The molecule has 1 N–H and O–H groups in total. The lowest BCUT2D eigenvalue weighted by Crippen LogP contribution is -2.32. The summed E-state index contributed by atoms with van der Waals surface area (Å²) < 4.78 is 4.74. The standard InChI is InChI=1S/C7H13NO2/c1-3-5(2)6-4-10-7(9)8-6/h5-6H,3-4H2,1-2H3,(H,8,9)/t5?,6-/m1/s1. The minimum absolute atomic E-state index is 0.234. The van der Waals surface area contributed by atoms with Gasteiger partial charge in [-0.1, -0.05) is 20.3 Å². The lowest BCUT2D eigenvalue weighted by Gasteiger charge is -2.13. The van der Waals surface area contributed by atoms with Gasteiger partial charge in [0.25, 0.3) is 0 Å².